The topological polar surface area (TPSA) is 61.6 Å². The van der Waals surface area contributed by atoms with Crippen molar-refractivity contribution in [2.45, 2.75) is 6.92 Å². The van der Waals surface area contributed by atoms with Crippen molar-refractivity contribution in [3.63, 3.8) is 0 Å². The lowest BCUT2D eigenvalue weighted by molar-refractivity contribution is 0.0731. The van der Waals surface area contributed by atoms with E-state index in [9.17, 15) is 4.79 Å². The fourth-order valence-electron chi connectivity index (χ4n) is 2.06. The van der Waals surface area contributed by atoms with Crippen molar-refractivity contribution < 1.29 is 18.7 Å². The Kier molecular flexibility index (Phi) is 3.31. The summed E-state index contributed by atoms with van der Waals surface area (Å²) in [6.07, 6.45) is 0. The summed E-state index contributed by atoms with van der Waals surface area (Å²) < 4.78 is 15.9. The molecule has 1 heterocycles. The standard InChI is InChI=1S/C16H13NO4/c1-10-17-13-9-11(7-8-15(13)20-10)21-16(18)12-5-3-4-6-14(12)19-2/h3-9H,1-2H3. The number of nitrogens with zero attached hydrogens (tertiary/aromatic N) is 1. The quantitative estimate of drug-likeness (QED) is 0.545. The van der Waals surface area contributed by atoms with Gasteiger partial charge in [-0.25, -0.2) is 9.78 Å². The van der Waals surface area contributed by atoms with Crippen LogP contribution in [-0.4, -0.2) is 18.1 Å². The smallest absolute Gasteiger partial charge is 0.347 e. The molecule has 1 aromatic heterocycles. The van der Waals surface area contributed by atoms with Crippen molar-refractivity contribution in [3.05, 3.63) is 53.9 Å². The Hall–Kier alpha value is -2.82. The van der Waals surface area contributed by atoms with Gasteiger partial charge in [0.1, 0.15) is 22.6 Å². The van der Waals surface area contributed by atoms with Gasteiger partial charge in [0, 0.05) is 13.0 Å². The van der Waals surface area contributed by atoms with E-state index in [0.717, 1.165) is 0 Å². The first-order chi connectivity index (χ1) is 10.2. The van der Waals surface area contributed by atoms with Crippen molar-refractivity contribution in [2.75, 3.05) is 7.11 Å². The van der Waals surface area contributed by atoms with Crippen molar-refractivity contribution in [3.8, 4) is 11.5 Å². The van der Waals surface area contributed by atoms with Gasteiger partial charge in [-0.05, 0) is 24.3 Å². The maximum absolute atomic E-state index is 12.2. The number of benzene rings is 2. The number of aryl methyl sites for hydroxylation is 1. The van der Waals surface area contributed by atoms with Gasteiger partial charge in [-0.3, -0.25) is 0 Å². The van der Waals surface area contributed by atoms with Crippen molar-refractivity contribution in [1.82, 2.24) is 4.98 Å². The zero-order valence-corrected chi connectivity index (χ0v) is 11.6. The highest BCUT2D eigenvalue weighted by Gasteiger charge is 2.14. The lowest BCUT2D eigenvalue weighted by atomic mass is 10.2. The van der Waals surface area contributed by atoms with Crippen LogP contribution < -0.4 is 9.47 Å². The van der Waals surface area contributed by atoms with E-state index in [1.165, 1.54) is 7.11 Å². The molecule has 106 valence electrons. The molecule has 0 saturated heterocycles. The predicted octanol–water partition coefficient (Wildman–Crippen LogP) is 3.36. The van der Waals surface area contributed by atoms with Crippen LogP contribution in [-0.2, 0) is 0 Å². The lowest BCUT2D eigenvalue weighted by Gasteiger charge is -2.07. The Morgan fingerprint density at radius 2 is 2.00 bits per heavy atom. The molecule has 0 saturated carbocycles. The highest BCUT2D eigenvalue weighted by atomic mass is 16.5. The number of methoxy groups -OCH3 is 1. The van der Waals surface area contributed by atoms with E-state index in [4.69, 9.17) is 13.9 Å². The molecule has 3 aromatic rings. The highest BCUT2D eigenvalue weighted by molar-refractivity contribution is 5.94. The Bertz CT molecular complexity index is 807. The molecule has 0 aliphatic carbocycles. The summed E-state index contributed by atoms with van der Waals surface area (Å²) in [6.45, 7) is 1.76. The molecule has 5 nitrogen and oxygen atoms in total. The molecule has 0 bridgehead atoms. The summed E-state index contributed by atoms with van der Waals surface area (Å²) in [5.74, 6) is 0.970. The summed E-state index contributed by atoms with van der Waals surface area (Å²) in [7, 11) is 1.51. The largest absolute Gasteiger partial charge is 0.496 e. The second kappa shape index (κ2) is 5.28. The average Bonchev–Trinajstić information content (AvgIpc) is 2.86. The molecule has 0 amide bonds. The van der Waals surface area contributed by atoms with Crippen molar-refractivity contribution >= 4 is 17.1 Å². The number of esters is 1. The van der Waals surface area contributed by atoms with Gasteiger partial charge in [-0.15, -0.1) is 0 Å². The molecule has 0 unspecified atom stereocenters. The van der Waals surface area contributed by atoms with Gasteiger partial charge in [-0.2, -0.15) is 0 Å². The van der Waals surface area contributed by atoms with E-state index < -0.39 is 5.97 Å². The molecule has 0 aliphatic heterocycles. The SMILES string of the molecule is COc1ccccc1C(=O)Oc1ccc2oc(C)nc2c1. The predicted molar refractivity (Wildman–Crippen MR) is 76.7 cm³/mol. The average molecular weight is 283 g/mol. The molecule has 0 aliphatic rings. The Balaban J connectivity index is 1.88. The van der Waals surface area contributed by atoms with E-state index in [2.05, 4.69) is 4.98 Å². The molecule has 0 spiro atoms. The number of carbonyl (C=O) groups excluding carboxylic acids is 1. The van der Waals surface area contributed by atoms with E-state index in [0.29, 0.717) is 34.1 Å². The molecular weight excluding hydrogens is 270 g/mol. The molecule has 2 aromatic carbocycles. The van der Waals surface area contributed by atoms with E-state index in [1.54, 1.807) is 49.4 Å². The third kappa shape index (κ3) is 2.58. The third-order valence-corrected chi connectivity index (χ3v) is 3.00. The number of ether oxygens (including phenoxy) is 2. The molecular formula is C16H13NO4. The molecule has 0 N–H and O–H groups in total. The summed E-state index contributed by atoms with van der Waals surface area (Å²) in [5.41, 5.74) is 1.68. The second-order valence-electron chi connectivity index (χ2n) is 4.45. The maximum Gasteiger partial charge on any atom is 0.347 e. The van der Waals surface area contributed by atoms with Crippen LogP contribution in [0.25, 0.3) is 11.1 Å². The summed E-state index contributed by atoms with van der Waals surface area (Å²) in [6, 6.07) is 12.0. The Morgan fingerprint density at radius 1 is 1.19 bits per heavy atom. The van der Waals surface area contributed by atoms with Crippen LogP contribution in [0.15, 0.2) is 46.9 Å². The Labute approximate surface area is 121 Å². The molecule has 0 radical (unpaired) electrons. The second-order valence-corrected chi connectivity index (χ2v) is 4.45. The van der Waals surface area contributed by atoms with Crippen LogP contribution in [0, 0.1) is 6.92 Å². The molecule has 0 atom stereocenters. The summed E-state index contributed by atoms with van der Waals surface area (Å²) >= 11 is 0. The van der Waals surface area contributed by atoms with Gasteiger partial charge in [-0.1, -0.05) is 12.1 Å². The van der Waals surface area contributed by atoms with Gasteiger partial charge in [0.25, 0.3) is 0 Å². The lowest BCUT2D eigenvalue weighted by Crippen LogP contribution is -2.09. The fraction of sp³-hybridized carbons (Fsp3) is 0.125. The zero-order valence-electron chi connectivity index (χ0n) is 11.6. The van der Waals surface area contributed by atoms with Crippen LogP contribution in [0.4, 0.5) is 0 Å². The van der Waals surface area contributed by atoms with E-state index in [1.807, 2.05) is 0 Å². The maximum atomic E-state index is 12.2. The first-order valence-electron chi connectivity index (χ1n) is 6.40. The van der Waals surface area contributed by atoms with E-state index in [-0.39, 0.29) is 0 Å². The number of fused-ring (bicyclic) bond motifs is 1. The fourth-order valence-corrected chi connectivity index (χ4v) is 2.06. The number of hydrogen-bond acceptors (Lipinski definition) is 5. The van der Waals surface area contributed by atoms with Crippen LogP contribution in [0.3, 0.4) is 0 Å². The normalized spacial score (nSPS) is 10.6. The summed E-state index contributed by atoms with van der Waals surface area (Å²) in [4.78, 5) is 16.4. The number of rotatable bonds is 3. The minimum Gasteiger partial charge on any atom is -0.496 e. The van der Waals surface area contributed by atoms with Crippen LogP contribution in [0.2, 0.25) is 0 Å². The molecule has 21 heavy (non-hydrogen) atoms. The number of hydrogen-bond donors (Lipinski definition) is 0. The van der Waals surface area contributed by atoms with Gasteiger partial charge in [0.15, 0.2) is 11.5 Å². The zero-order chi connectivity index (χ0) is 14.8. The molecule has 5 heteroatoms. The highest BCUT2D eigenvalue weighted by Crippen LogP contribution is 2.24. The number of carbonyl (C=O) groups is 1. The monoisotopic (exact) mass is 283 g/mol. The Morgan fingerprint density at radius 3 is 2.81 bits per heavy atom. The minimum absolute atomic E-state index is 0.372. The van der Waals surface area contributed by atoms with Crippen LogP contribution >= 0.6 is 0 Å². The van der Waals surface area contributed by atoms with Gasteiger partial charge in [0.05, 0.1) is 7.11 Å². The summed E-state index contributed by atoms with van der Waals surface area (Å²) in [5, 5.41) is 0. The van der Waals surface area contributed by atoms with Crippen molar-refractivity contribution in [2.24, 2.45) is 0 Å². The van der Waals surface area contributed by atoms with Crippen LogP contribution in [0.5, 0.6) is 11.5 Å². The van der Waals surface area contributed by atoms with E-state index >= 15 is 0 Å². The number of aromatic nitrogens is 1. The molecule has 3 rings (SSSR count). The first kappa shape index (κ1) is 13.2. The van der Waals surface area contributed by atoms with Crippen molar-refractivity contribution in [1.29, 1.82) is 0 Å². The number of para-hydroxylation sites is 1. The first-order valence-corrected chi connectivity index (χ1v) is 6.40. The van der Waals surface area contributed by atoms with Gasteiger partial charge in [0.2, 0.25) is 0 Å². The number of oxazole rings is 1. The van der Waals surface area contributed by atoms with Crippen LogP contribution in [0.1, 0.15) is 16.2 Å². The van der Waals surface area contributed by atoms with Gasteiger partial charge >= 0.3 is 5.97 Å². The van der Waals surface area contributed by atoms with Gasteiger partial charge < -0.3 is 13.9 Å². The third-order valence-electron chi connectivity index (χ3n) is 3.00. The minimum atomic E-state index is -0.480. The molecule has 0 fully saturated rings.